The monoisotopic (exact) mass is 496 g/mol. The fourth-order valence-electron chi connectivity index (χ4n) is 4.04. The highest BCUT2D eigenvalue weighted by molar-refractivity contribution is 5.67. The molecule has 0 amide bonds. The van der Waals surface area contributed by atoms with E-state index in [9.17, 15) is 22.4 Å². The molecule has 1 aromatic heterocycles. The second kappa shape index (κ2) is 9.53. The Labute approximate surface area is 205 Å². The minimum Gasteiger partial charge on any atom is -0.457 e. The Kier molecular flexibility index (Phi) is 6.63. The highest BCUT2D eigenvalue weighted by Crippen LogP contribution is 2.36. The first kappa shape index (κ1) is 25.0. The maximum atomic E-state index is 13.7. The van der Waals surface area contributed by atoms with E-state index in [-0.39, 0.29) is 12.2 Å². The Morgan fingerprint density at radius 3 is 2.19 bits per heavy atom. The van der Waals surface area contributed by atoms with Gasteiger partial charge in [-0.25, -0.2) is 4.39 Å². The number of alkyl halides is 3. The van der Waals surface area contributed by atoms with Crippen LogP contribution in [0, 0.1) is 26.6 Å². The van der Waals surface area contributed by atoms with Crippen LogP contribution in [0.25, 0.3) is 11.3 Å². The molecule has 0 spiro atoms. The molecule has 0 atom stereocenters. The maximum Gasteiger partial charge on any atom is 0.418 e. The fourth-order valence-corrected chi connectivity index (χ4v) is 4.04. The fraction of sp³-hybridized carbons (Fsp3) is 0.179. The Bertz CT molecular complexity index is 1490. The van der Waals surface area contributed by atoms with Gasteiger partial charge in [0, 0.05) is 0 Å². The van der Waals surface area contributed by atoms with Gasteiger partial charge in [-0.05, 0) is 91.6 Å². The molecule has 0 saturated heterocycles. The number of nitrogens with two attached hydrogens (primary N) is 1. The van der Waals surface area contributed by atoms with E-state index in [2.05, 4.69) is 0 Å². The van der Waals surface area contributed by atoms with Crippen LogP contribution in [0.3, 0.4) is 0 Å². The highest BCUT2D eigenvalue weighted by Gasteiger charge is 2.35. The minimum absolute atomic E-state index is 0.0511. The van der Waals surface area contributed by atoms with Gasteiger partial charge in [-0.3, -0.25) is 4.79 Å². The molecule has 4 rings (SSSR count). The van der Waals surface area contributed by atoms with E-state index in [0.29, 0.717) is 22.6 Å². The lowest BCUT2D eigenvalue weighted by Gasteiger charge is -2.20. The standard InChI is InChI=1S/C28H24F4N2O2/c1-16-4-5-20(17(2)12-16)15-34-24(14-23(28(30,31)32)26(33)27(34)35)19-6-11-25(18(3)13-19)36-22-9-7-21(29)8-10-22/h4-14H,15,33H2,1-3H3. The summed E-state index contributed by atoms with van der Waals surface area (Å²) in [6.07, 6.45) is -4.79. The zero-order valence-electron chi connectivity index (χ0n) is 19.9. The molecule has 8 heteroatoms. The average molecular weight is 497 g/mol. The summed E-state index contributed by atoms with van der Waals surface area (Å²) in [6, 6.07) is 16.9. The third-order valence-electron chi connectivity index (χ3n) is 5.98. The predicted molar refractivity (Wildman–Crippen MR) is 132 cm³/mol. The second-order valence-electron chi connectivity index (χ2n) is 8.71. The van der Waals surface area contributed by atoms with E-state index < -0.39 is 28.8 Å². The summed E-state index contributed by atoms with van der Waals surface area (Å²) in [5.74, 6) is 0.450. The van der Waals surface area contributed by atoms with Crippen molar-refractivity contribution >= 4 is 5.69 Å². The van der Waals surface area contributed by atoms with Gasteiger partial charge in [0.2, 0.25) is 0 Å². The van der Waals surface area contributed by atoms with Crippen LogP contribution in [0.2, 0.25) is 0 Å². The first-order valence-electron chi connectivity index (χ1n) is 11.1. The summed E-state index contributed by atoms with van der Waals surface area (Å²) >= 11 is 0. The Morgan fingerprint density at radius 2 is 1.58 bits per heavy atom. The minimum atomic E-state index is -4.79. The van der Waals surface area contributed by atoms with Gasteiger partial charge in [0.15, 0.2) is 0 Å². The van der Waals surface area contributed by atoms with Gasteiger partial charge in [0.25, 0.3) is 5.56 Å². The molecular weight excluding hydrogens is 472 g/mol. The number of halogens is 4. The number of hydrogen-bond donors (Lipinski definition) is 1. The normalized spacial score (nSPS) is 11.5. The van der Waals surface area contributed by atoms with E-state index in [1.54, 1.807) is 25.1 Å². The van der Waals surface area contributed by atoms with E-state index in [0.717, 1.165) is 22.8 Å². The molecule has 2 N–H and O–H groups in total. The second-order valence-corrected chi connectivity index (χ2v) is 8.71. The lowest BCUT2D eigenvalue weighted by molar-refractivity contribution is -0.137. The third kappa shape index (κ3) is 5.12. The van der Waals surface area contributed by atoms with Crippen LogP contribution in [0.1, 0.15) is 27.8 Å². The van der Waals surface area contributed by atoms with E-state index in [1.165, 1.54) is 28.8 Å². The van der Waals surface area contributed by atoms with Crippen LogP contribution in [0.15, 0.2) is 71.5 Å². The van der Waals surface area contributed by atoms with Crippen molar-refractivity contribution in [3.05, 3.63) is 111 Å². The zero-order chi connectivity index (χ0) is 26.2. The van der Waals surface area contributed by atoms with Crippen molar-refractivity contribution in [1.29, 1.82) is 0 Å². The lowest BCUT2D eigenvalue weighted by atomic mass is 10.0. The van der Waals surface area contributed by atoms with Gasteiger partial charge in [-0.2, -0.15) is 13.2 Å². The summed E-state index contributed by atoms with van der Waals surface area (Å²) in [5, 5.41) is 0. The summed E-state index contributed by atoms with van der Waals surface area (Å²) < 4.78 is 61.4. The SMILES string of the molecule is Cc1ccc(Cn2c(-c3ccc(Oc4ccc(F)cc4)c(C)c3)cc(C(F)(F)F)c(N)c2=O)c(C)c1. The summed E-state index contributed by atoms with van der Waals surface area (Å²) in [6.45, 7) is 5.60. The van der Waals surface area contributed by atoms with Crippen LogP contribution >= 0.6 is 0 Å². The number of hydrogen-bond acceptors (Lipinski definition) is 3. The van der Waals surface area contributed by atoms with Gasteiger partial charge in [-0.1, -0.05) is 23.8 Å². The Hall–Kier alpha value is -4.07. The van der Waals surface area contributed by atoms with Crippen molar-refractivity contribution in [2.45, 2.75) is 33.5 Å². The zero-order valence-corrected chi connectivity index (χ0v) is 19.9. The molecule has 36 heavy (non-hydrogen) atoms. The van der Waals surface area contributed by atoms with Crippen molar-refractivity contribution in [1.82, 2.24) is 4.57 Å². The van der Waals surface area contributed by atoms with E-state index >= 15 is 0 Å². The Morgan fingerprint density at radius 1 is 0.889 bits per heavy atom. The van der Waals surface area contributed by atoms with Gasteiger partial charge >= 0.3 is 6.18 Å². The van der Waals surface area contributed by atoms with Crippen LogP contribution < -0.4 is 16.0 Å². The number of nitrogen functional groups attached to an aromatic ring is 1. The smallest absolute Gasteiger partial charge is 0.418 e. The number of aromatic nitrogens is 1. The van der Waals surface area contributed by atoms with Gasteiger partial charge < -0.3 is 15.0 Å². The first-order valence-corrected chi connectivity index (χ1v) is 11.1. The molecule has 0 unspecified atom stereocenters. The van der Waals surface area contributed by atoms with Crippen LogP contribution in [-0.4, -0.2) is 4.57 Å². The number of rotatable bonds is 5. The molecule has 0 aliphatic heterocycles. The molecule has 0 fully saturated rings. The van der Waals surface area contributed by atoms with Crippen molar-refractivity contribution in [3.8, 4) is 22.8 Å². The van der Waals surface area contributed by atoms with Crippen LogP contribution in [-0.2, 0) is 12.7 Å². The summed E-state index contributed by atoms with van der Waals surface area (Å²) in [7, 11) is 0. The third-order valence-corrected chi connectivity index (χ3v) is 5.98. The molecule has 0 radical (unpaired) electrons. The average Bonchev–Trinajstić information content (AvgIpc) is 2.80. The van der Waals surface area contributed by atoms with Crippen molar-refractivity contribution in [2.75, 3.05) is 5.73 Å². The lowest BCUT2D eigenvalue weighted by Crippen LogP contribution is -2.29. The molecule has 0 bridgehead atoms. The predicted octanol–water partition coefficient (Wildman–Crippen LogP) is 7.02. The number of anilines is 1. The Balaban J connectivity index is 1.83. The van der Waals surface area contributed by atoms with Gasteiger partial charge in [-0.15, -0.1) is 0 Å². The molecule has 3 aromatic carbocycles. The number of nitrogens with zero attached hydrogens (tertiary/aromatic N) is 1. The number of pyridine rings is 1. The molecule has 4 aromatic rings. The molecule has 4 nitrogen and oxygen atoms in total. The number of aryl methyl sites for hydroxylation is 3. The number of ether oxygens (including phenoxy) is 1. The first-order chi connectivity index (χ1) is 16.9. The molecule has 0 aliphatic carbocycles. The molecule has 0 aliphatic rings. The quantitative estimate of drug-likeness (QED) is 0.302. The largest absolute Gasteiger partial charge is 0.457 e. The van der Waals surface area contributed by atoms with Crippen molar-refractivity contribution in [3.63, 3.8) is 0 Å². The molecule has 186 valence electrons. The van der Waals surface area contributed by atoms with Gasteiger partial charge in [0.05, 0.1) is 17.8 Å². The van der Waals surface area contributed by atoms with Crippen molar-refractivity contribution in [2.24, 2.45) is 0 Å². The number of benzene rings is 3. The molecule has 0 saturated carbocycles. The maximum absolute atomic E-state index is 13.7. The van der Waals surface area contributed by atoms with E-state index in [4.69, 9.17) is 10.5 Å². The topological polar surface area (TPSA) is 57.2 Å². The summed E-state index contributed by atoms with van der Waals surface area (Å²) in [4.78, 5) is 13.1. The van der Waals surface area contributed by atoms with Crippen LogP contribution in [0.5, 0.6) is 11.5 Å². The highest BCUT2D eigenvalue weighted by atomic mass is 19.4. The molecular formula is C28H24F4N2O2. The van der Waals surface area contributed by atoms with Crippen molar-refractivity contribution < 1.29 is 22.3 Å². The van der Waals surface area contributed by atoms with Gasteiger partial charge in [0.1, 0.15) is 23.0 Å². The molecule has 1 heterocycles. The van der Waals surface area contributed by atoms with Crippen LogP contribution in [0.4, 0.5) is 23.2 Å². The summed E-state index contributed by atoms with van der Waals surface area (Å²) in [5.41, 5.74) is 6.57. The van der Waals surface area contributed by atoms with E-state index in [1.807, 2.05) is 32.0 Å².